The number of rotatable bonds is 9. The lowest BCUT2D eigenvalue weighted by atomic mass is 9.99. The monoisotopic (exact) mass is 485 g/mol. The lowest BCUT2D eigenvalue weighted by molar-refractivity contribution is -0.255. The van der Waals surface area contributed by atoms with Crippen molar-refractivity contribution in [2.45, 2.75) is 39.3 Å². The van der Waals surface area contributed by atoms with Crippen molar-refractivity contribution in [2.75, 3.05) is 31.1 Å². The normalized spacial score (nSPS) is 14.4. The molecule has 0 aromatic heterocycles. The second kappa shape index (κ2) is 12.0. The van der Waals surface area contributed by atoms with Crippen LogP contribution < -0.4 is 10.6 Å². The van der Waals surface area contributed by atoms with E-state index in [1.165, 1.54) is 5.56 Å². The van der Waals surface area contributed by atoms with Crippen molar-refractivity contribution in [2.24, 2.45) is 0 Å². The molecule has 0 bridgehead atoms. The van der Waals surface area contributed by atoms with Crippen molar-refractivity contribution in [1.29, 1.82) is 0 Å². The Balaban J connectivity index is 1.58. The third kappa shape index (κ3) is 6.01. The number of carbonyl (C=O) groups is 2. The molecule has 0 aliphatic carbocycles. The van der Waals surface area contributed by atoms with Crippen LogP contribution in [0.4, 0.5) is 11.4 Å². The van der Waals surface area contributed by atoms with Crippen molar-refractivity contribution in [1.82, 2.24) is 9.80 Å². The molecule has 6 heteroatoms. The van der Waals surface area contributed by atoms with E-state index in [0.29, 0.717) is 24.2 Å². The molecular formula is C30H37N4O2+. The Morgan fingerprint density at radius 1 is 0.833 bits per heavy atom. The molecule has 3 N–H and O–H groups in total. The maximum atomic E-state index is 12.8. The quantitative estimate of drug-likeness (QED) is 0.489. The summed E-state index contributed by atoms with van der Waals surface area (Å²) in [6.45, 7) is 8.34. The molecule has 0 saturated carbocycles. The van der Waals surface area contributed by atoms with Crippen LogP contribution in [0.25, 0.3) is 0 Å². The van der Waals surface area contributed by atoms with Crippen molar-refractivity contribution < 1.29 is 15.3 Å². The molecule has 1 heterocycles. The number of amides is 2. The molecule has 3 aromatic rings. The lowest BCUT2D eigenvalue weighted by Gasteiger charge is -2.40. The first-order valence-corrected chi connectivity index (χ1v) is 12.9. The van der Waals surface area contributed by atoms with Gasteiger partial charge in [-0.25, -0.2) is 4.79 Å². The maximum Gasteiger partial charge on any atom is 0.341 e. The van der Waals surface area contributed by atoms with Crippen molar-refractivity contribution in [3.05, 3.63) is 95.6 Å². The molecule has 1 saturated heterocycles. The summed E-state index contributed by atoms with van der Waals surface area (Å²) < 4.78 is 0. The Kier molecular flexibility index (Phi) is 8.52. The second-order valence-corrected chi connectivity index (χ2v) is 9.36. The fourth-order valence-corrected chi connectivity index (χ4v) is 5.04. The summed E-state index contributed by atoms with van der Waals surface area (Å²) in [5, 5.41) is 0. The van der Waals surface area contributed by atoms with Crippen LogP contribution >= 0.6 is 0 Å². The van der Waals surface area contributed by atoms with E-state index in [1.54, 1.807) is 0 Å². The van der Waals surface area contributed by atoms with E-state index in [4.69, 9.17) is 0 Å². The van der Waals surface area contributed by atoms with Crippen LogP contribution in [0, 0.1) is 0 Å². The zero-order valence-corrected chi connectivity index (χ0v) is 21.4. The molecule has 3 aromatic carbocycles. The Morgan fingerprint density at radius 2 is 1.50 bits per heavy atom. The average molecular weight is 486 g/mol. The molecule has 6 nitrogen and oxygen atoms in total. The van der Waals surface area contributed by atoms with Gasteiger partial charge in [-0.2, -0.15) is 0 Å². The van der Waals surface area contributed by atoms with Gasteiger partial charge < -0.3 is 9.80 Å². The van der Waals surface area contributed by atoms with Crippen LogP contribution in [-0.2, 0) is 6.54 Å². The summed E-state index contributed by atoms with van der Waals surface area (Å²) in [7, 11) is 0. The lowest BCUT2D eigenvalue weighted by Crippen LogP contribution is -2.56. The molecule has 0 spiro atoms. The highest BCUT2D eigenvalue weighted by Crippen LogP contribution is 2.33. The molecular weight excluding hydrogens is 448 g/mol. The van der Waals surface area contributed by atoms with Crippen LogP contribution in [0.5, 0.6) is 0 Å². The van der Waals surface area contributed by atoms with Gasteiger partial charge in [0.25, 0.3) is 5.91 Å². The molecule has 188 valence electrons. The largest absolute Gasteiger partial charge is 0.341 e. The van der Waals surface area contributed by atoms with Crippen LogP contribution in [0.3, 0.4) is 0 Å². The number of anilines is 2. The minimum absolute atomic E-state index is 0.0528. The summed E-state index contributed by atoms with van der Waals surface area (Å²) in [5.74, 6) is -0.133. The van der Waals surface area contributed by atoms with Crippen molar-refractivity contribution in [3.63, 3.8) is 0 Å². The van der Waals surface area contributed by atoms with E-state index in [0.717, 1.165) is 43.9 Å². The predicted octanol–water partition coefficient (Wildman–Crippen LogP) is 4.35. The van der Waals surface area contributed by atoms with Crippen LogP contribution in [-0.4, -0.2) is 53.8 Å². The van der Waals surface area contributed by atoms with Crippen LogP contribution in [0.2, 0.25) is 0 Å². The van der Waals surface area contributed by atoms with Gasteiger partial charge in [0.05, 0.1) is 5.56 Å². The highest BCUT2D eigenvalue weighted by Gasteiger charge is 2.27. The Bertz CT molecular complexity index is 1150. The van der Waals surface area contributed by atoms with Crippen molar-refractivity contribution in [3.8, 4) is 0 Å². The number of quaternary nitrogens is 1. The zero-order valence-electron chi connectivity index (χ0n) is 21.4. The van der Waals surface area contributed by atoms with Gasteiger partial charge in [0.1, 0.15) is 0 Å². The summed E-state index contributed by atoms with van der Waals surface area (Å²) in [6.07, 6.45) is 2.02. The van der Waals surface area contributed by atoms with Gasteiger partial charge in [-0.05, 0) is 74.7 Å². The first-order valence-electron chi connectivity index (χ1n) is 12.9. The van der Waals surface area contributed by atoms with E-state index >= 15 is 0 Å². The number of likely N-dealkylation sites (tertiary alicyclic amines) is 1. The summed E-state index contributed by atoms with van der Waals surface area (Å²) in [5.41, 5.74) is 8.25. The maximum absolute atomic E-state index is 12.8. The minimum Gasteiger partial charge on any atom is -0.339 e. The van der Waals surface area contributed by atoms with Gasteiger partial charge >= 0.3 is 5.91 Å². The predicted molar refractivity (Wildman–Crippen MR) is 144 cm³/mol. The highest BCUT2D eigenvalue weighted by atomic mass is 16.2. The van der Waals surface area contributed by atoms with Gasteiger partial charge in [0.15, 0.2) is 0 Å². The fraction of sp³-hybridized carbons (Fsp3) is 0.333. The molecule has 1 aliphatic heterocycles. The SMILES string of the molecule is CCN(CC)C(=O)c1ccc(N(c2cccc(C([NH3+])=O)c2)C2CCN(Cc3ccccc3)CC2)cc1. The minimum atomic E-state index is -0.186. The summed E-state index contributed by atoms with van der Waals surface area (Å²) in [4.78, 5) is 31.5. The number of piperidine rings is 1. The Hall–Kier alpha value is -3.48. The second-order valence-electron chi connectivity index (χ2n) is 9.36. The summed E-state index contributed by atoms with van der Waals surface area (Å²) in [6, 6.07) is 26.5. The fourth-order valence-electron chi connectivity index (χ4n) is 5.04. The van der Waals surface area contributed by atoms with E-state index in [1.807, 2.05) is 61.2 Å². The van der Waals surface area contributed by atoms with Crippen molar-refractivity contribution >= 4 is 23.2 Å². The van der Waals surface area contributed by atoms with E-state index < -0.39 is 0 Å². The molecule has 0 radical (unpaired) electrons. The molecule has 2 amide bonds. The van der Waals surface area contributed by atoms with E-state index in [-0.39, 0.29) is 17.9 Å². The highest BCUT2D eigenvalue weighted by molar-refractivity contribution is 5.94. The standard InChI is InChI=1S/C30H36N4O2/c1-3-33(4-2)30(36)24-13-15-26(16-14-24)34(28-12-8-11-25(21-28)29(31)35)27-17-19-32(20-18-27)22-23-9-6-5-7-10-23/h5-16,21,27H,3-4,17-20,22H2,1-2H3,(H2,31,35)/p+1. The molecule has 36 heavy (non-hydrogen) atoms. The molecule has 1 aliphatic rings. The number of hydrogen-bond donors (Lipinski definition) is 1. The van der Waals surface area contributed by atoms with Gasteiger partial charge in [0.2, 0.25) is 0 Å². The Labute approximate surface area is 214 Å². The third-order valence-corrected chi connectivity index (χ3v) is 7.06. The van der Waals surface area contributed by atoms with Crippen LogP contribution in [0.15, 0.2) is 78.9 Å². The first kappa shape index (κ1) is 25.6. The smallest absolute Gasteiger partial charge is 0.339 e. The molecule has 4 rings (SSSR count). The zero-order chi connectivity index (χ0) is 25.5. The Morgan fingerprint density at radius 3 is 2.11 bits per heavy atom. The number of hydrogen-bond acceptors (Lipinski definition) is 4. The van der Waals surface area contributed by atoms with Gasteiger partial charge in [0, 0.05) is 55.7 Å². The number of benzene rings is 3. The topological polar surface area (TPSA) is 71.5 Å². The number of nitrogens with zero attached hydrogens (tertiary/aromatic N) is 3. The van der Waals surface area contributed by atoms with E-state index in [9.17, 15) is 9.59 Å². The number of carbonyl (C=O) groups excluding carboxylic acids is 2. The van der Waals surface area contributed by atoms with Gasteiger partial charge in [-0.1, -0.05) is 36.4 Å². The first-order chi connectivity index (χ1) is 17.5. The van der Waals surface area contributed by atoms with Crippen LogP contribution in [0.1, 0.15) is 53.0 Å². The molecule has 0 atom stereocenters. The molecule has 0 unspecified atom stereocenters. The van der Waals surface area contributed by atoms with E-state index in [2.05, 4.69) is 51.9 Å². The van der Waals surface area contributed by atoms with Gasteiger partial charge in [-0.3, -0.25) is 15.4 Å². The molecule has 1 fully saturated rings. The van der Waals surface area contributed by atoms with Gasteiger partial charge in [-0.15, -0.1) is 0 Å². The third-order valence-electron chi connectivity index (χ3n) is 7.06. The summed E-state index contributed by atoms with van der Waals surface area (Å²) >= 11 is 0. The average Bonchev–Trinajstić information content (AvgIpc) is 2.91.